The zero-order valence-corrected chi connectivity index (χ0v) is 19.5. The molecule has 2 aromatic carbocycles. The van der Waals surface area contributed by atoms with Gasteiger partial charge in [-0.05, 0) is 45.0 Å². The summed E-state index contributed by atoms with van der Waals surface area (Å²) in [6.45, 7) is 6.20. The van der Waals surface area contributed by atoms with Gasteiger partial charge in [0.2, 0.25) is 0 Å². The number of thiazole rings is 1. The summed E-state index contributed by atoms with van der Waals surface area (Å²) >= 11 is 1.22. The molecule has 3 aromatic rings. The number of rotatable bonds is 8. The molecule has 0 aliphatic heterocycles. The third-order valence-electron chi connectivity index (χ3n) is 4.77. The first-order valence-corrected chi connectivity index (χ1v) is 12.3. The molecule has 0 aliphatic rings. The number of fused-ring (bicyclic) bond motifs is 1. The number of hydrogen-bond donors (Lipinski definition) is 0. The van der Waals surface area contributed by atoms with E-state index in [4.69, 9.17) is 4.74 Å². The van der Waals surface area contributed by atoms with Crippen molar-refractivity contribution in [2.24, 2.45) is 4.99 Å². The maximum Gasteiger partial charge on any atom is 0.279 e. The number of carbonyl (C=O) groups excluding carboxylic acids is 1. The van der Waals surface area contributed by atoms with Gasteiger partial charge in [0.1, 0.15) is 0 Å². The Morgan fingerprint density at radius 2 is 2.00 bits per heavy atom. The molecule has 0 saturated carbocycles. The van der Waals surface area contributed by atoms with Crippen LogP contribution in [0.4, 0.5) is 5.69 Å². The van der Waals surface area contributed by atoms with E-state index in [0.717, 1.165) is 4.70 Å². The van der Waals surface area contributed by atoms with Crippen LogP contribution in [0.2, 0.25) is 0 Å². The standard InChI is InChI=1S/C21H23N3O6S2/c1-4-30-11-10-23-18-13-16(24(26)27)8-9-19(18)31-21(23)22-20(25)15-6-5-7-17(12-15)32(28,29)14(2)3/h5-9,12-14H,4,10-11H2,1-3H3. The minimum Gasteiger partial charge on any atom is -0.380 e. The van der Waals surface area contributed by atoms with Crippen LogP contribution in [-0.2, 0) is 21.1 Å². The van der Waals surface area contributed by atoms with Gasteiger partial charge >= 0.3 is 0 Å². The van der Waals surface area contributed by atoms with Crippen molar-refractivity contribution in [1.29, 1.82) is 0 Å². The SMILES string of the molecule is CCOCCn1c(=NC(=O)c2cccc(S(=O)(=O)C(C)C)c2)sc2ccc([N+](=O)[O-])cc21. The fourth-order valence-electron chi connectivity index (χ4n) is 3.00. The zero-order chi connectivity index (χ0) is 23.5. The molecule has 0 unspecified atom stereocenters. The molecule has 0 saturated heterocycles. The molecule has 0 aliphatic carbocycles. The summed E-state index contributed by atoms with van der Waals surface area (Å²) in [6.07, 6.45) is 0. The second kappa shape index (κ2) is 9.72. The Hall–Kier alpha value is -2.89. The van der Waals surface area contributed by atoms with Crippen LogP contribution >= 0.6 is 11.3 Å². The second-order valence-electron chi connectivity index (χ2n) is 7.18. The average Bonchev–Trinajstić information content (AvgIpc) is 3.10. The summed E-state index contributed by atoms with van der Waals surface area (Å²) in [7, 11) is -3.54. The van der Waals surface area contributed by atoms with Crippen molar-refractivity contribution in [2.45, 2.75) is 37.5 Å². The summed E-state index contributed by atoms with van der Waals surface area (Å²) in [5.74, 6) is -0.600. The predicted octanol–water partition coefficient (Wildman–Crippen LogP) is 3.57. The lowest BCUT2D eigenvalue weighted by Gasteiger charge is -2.08. The number of nitro benzene ring substituents is 1. The Morgan fingerprint density at radius 1 is 1.25 bits per heavy atom. The zero-order valence-electron chi connectivity index (χ0n) is 17.8. The topological polar surface area (TPSA) is 121 Å². The number of carbonyl (C=O) groups is 1. The molecule has 0 spiro atoms. The Kier molecular flexibility index (Phi) is 7.22. The van der Waals surface area contributed by atoms with E-state index in [1.54, 1.807) is 24.5 Å². The fourth-order valence-corrected chi connectivity index (χ4v) is 5.14. The summed E-state index contributed by atoms with van der Waals surface area (Å²) in [5.41, 5.74) is 0.656. The van der Waals surface area contributed by atoms with Gasteiger partial charge in [-0.2, -0.15) is 4.99 Å². The third kappa shape index (κ3) is 4.95. The normalized spacial score (nSPS) is 12.6. The van der Waals surface area contributed by atoms with E-state index in [2.05, 4.69) is 4.99 Å². The number of ether oxygens (including phenoxy) is 1. The summed E-state index contributed by atoms with van der Waals surface area (Å²) in [4.78, 5) is 28.2. The smallest absolute Gasteiger partial charge is 0.279 e. The van der Waals surface area contributed by atoms with E-state index in [1.165, 1.54) is 47.7 Å². The molecule has 1 heterocycles. The molecule has 3 rings (SSSR count). The van der Waals surface area contributed by atoms with Crippen molar-refractivity contribution in [3.63, 3.8) is 0 Å². The van der Waals surface area contributed by atoms with Crippen molar-refractivity contribution in [1.82, 2.24) is 4.57 Å². The first-order valence-electron chi connectivity index (χ1n) is 9.93. The van der Waals surface area contributed by atoms with Crippen molar-refractivity contribution in [3.8, 4) is 0 Å². The van der Waals surface area contributed by atoms with Crippen LogP contribution in [0.3, 0.4) is 0 Å². The molecule has 0 bridgehead atoms. The highest BCUT2D eigenvalue weighted by molar-refractivity contribution is 7.92. The highest BCUT2D eigenvalue weighted by Gasteiger charge is 2.20. The number of non-ortho nitro benzene ring substituents is 1. The van der Waals surface area contributed by atoms with Crippen LogP contribution in [-0.4, -0.2) is 42.3 Å². The molecule has 170 valence electrons. The number of benzene rings is 2. The van der Waals surface area contributed by atoms with E-state index >= 15 is 0 Å². The Morgan fingerprint density at radius 3 is 2.66 bits per heavy atom. The van der Waals surface area contributed by atoms with Crippen LogP contribution in [0, 0.1) is 10.1 Å². The minimum absolute atomic E-state index is 0.0599. The quantitative estimate of drug-likeness (QED) is 0.278. The van der Waals surface area contributed by atoms with Gasteiger partial charge in [-0.3, -0.25) is 14.9 Å². The Labute approximate surface area is 189 Å². The molecule has 11 heteroatoms. The van der Waals surface area contributed by atoms with E-state index in [-0.39, 0.29) is 16.1 Å². The van der Waals surface area contributed by atoms with Gasteiger partial charge in [0.15, 0.2) is 14.6 Å². The van der Waals surface area contributed by atoms with Crippen molar-refractivity contribution in [3.05, 3.63) is 62.9 Å². The number of nitro groups is 1. The van der Waals surface area contributed by atoms with Crippen LogP contribution in [0.15, 0.2) is 52.4 Å². The molecular formula is C21H23N3O6S2. The van der Waals surface area contributed by atoms with Crippen molar-refractivity contribution >= 4 is 43.0 Å². The Bertz CT molecular complexity index is 1340. The number of sulfone groups is 1. The van der Waals surface area contributed by atoms with Crippen LogP contribution in [0.25, 0.3) is 10.2 Å². The lowest BCUT2D eigenvalue weighted by atomic mass is 10.2. The van der Waals surface area contributed by atoms with Crippen LogP contribution in [0.5, 0.6) is 0 Å². The molecule has 0 fully saturated rings. The molecule has 1 aromatic heterocycles. The number of amides is 1. The largest absolute Gasteiger partial charge is 0.380 e. The predicted molar refractivity (Wildman–Crippen MR) is 122 cm³/mol. The van der Waals surface area contributed by atoms with Gasteiger partial charge in [-0.15, -0.1) is 0 Å². The van der Waals surface area contributed by atoms with Crippen molar-refractivity contribution in [2.75, 3.05) is 13.2 Å². The third-order valence-corrected chi connectivity index (χ3v) is 7.98. The van der Waals surface area contributed by atoms with Gasteiger partial charge < -0.3 is 9.30 Å². The van der Waals surface area contributed by atoms with Crippen molar-refractivity contribution < 1.29 is 22.9 Å². The monoisotopic (exact) mass is 477 g/mol. The van der Waals surface area contributed by atoms with E-state index < -0.39 is 25.9 Å². The van der Waals surface area contributed by atoms with Gasteiger partial charge in [0, 0.05) is 30.8 Å². The van der Waals surface area contributed by atoms with Gasteiger partial charge in [0.05, 0.1) is 31.9 Å². The van der Waals surface area contributed by atoms with Gasteiger partial charge in [-0.25, -0.2) is 8.42 Å². The number of hydrogen-bond acceptors (Lipinski definition) is 7. The lowest BCUT2D eigenvalue weighted by molar-refractivity contribution is -0.384. The average molecular weight is 478 g/mol. The van der Waals surface area contributed by atoms with Gasteiger partial charge in [-0.1, -0.05) is 17.4 Å². The first kappa shape index (κ1) is 23.8. The molecule has 1 amide bonds. The summed E-state index contributed by atoms with van der Waals surface area (Å²) < 4.78 is 32.8. The second-order valence-corrected chi connectivity index (χ2v) is 10.7. The Balaban J connectivity index is 2.10. The van der Waals surface area contributed by atoms with Crippen LogP contribution < -0.4 is 4.80 Å². The molecule has 0 atom stereocenters. The molecule has 0 radical (unpaired) electrons. The van der Waals surface area contributed by atoms with E-state index in [1.807, 2.05) is 6.92 Å². The molecular weight excluding hydrogens is 454 g/mol. The highest BCUT2D eigenvalue weighted by atomic mass is 32.2. The minimum atomic E-state index is -3.54. The van der Waals surface area contributed by atoms with E-state index in [9.17, 15) is 23.3 Å². The summed E-state index contributed by atoms with van der Waals surface area (Å²) in [5, 5.41) is 10.6. The number of aromatic nitrogens is 1. The lowest BCUT2D eigenvalue weighted by Crippen LogP contribution is -2.20. The highest BCUT2D eigenvalue weighted by Crippen LogP contribution is 2.23. The molecule has 0 N–H and O–H groups in total. The van der Waals surface area contributed by atoms with Gasteiger partial charge in [0.25, 0.3) is 11.6 Å². The van der Waals surface area contributed by atoms with Crippen LogP contribution in [0.1, 0.15) is 31.1 Å². The molecule has 9 nitrogen and oxygen atoms in total. The maximum atomic E-state index is 12.9. The summed E-state index contributed by atoms with van der Waals surface area (Å²) in [6, 6.07) is 10.3. The van der Waals surface area contributed by atoms with E-state index in [0.29, 0.717) is 30.1 Å². The molecule has 32 heavy (non-hydrogen) atoms. The first-order chi connectivity index (χ1) is 15.1. The number of nitrogens with zero attached hydrogens (tertiary/aromatic N) is 3. The fraction of sp³-hybridized carbons (Fsp3) is 0.333. The maximum absolute atomic E-state index is 12.9.